The number of para-hydroxylation sites is 1. The van der Waals surface area contributed by atoms with Gasteiger partial charge in [0.05, 0.1) is 11.5 Å². The van der Waals surface area contributed by atoms with E-state index in [0.717, 1.165) is 11.3 Å². The van der Waals surface area contributed by atoms with Gasteiger partial charge in [-0.25, -0.2) is 8.42 Å². The third-order valence-corrected chi connectivity index (χ3v) is 5.30. The van der Waals surface area contributed by atoms with Gasteiger partial charge in [-0.1, -0.05) is 18.2 Å². The lowest BCUT2D eigenvalue weighted by atomic mass is 10.0. The first kappa shape index (κ1) is 15.0. The number of nitrogens with one attached hydrogen (secondary N) is 2. The SMILES string of the molecule is CNCc1ccccc1NC(=O)CC1CCS(=O)(=O)C1. The molecule has 20 heavy (non-hydrogen) atoms. The van der Waals surface area contributed by atoms with Crippen molar-refractivity contribution < 1.29 is 13.2 Å². The Bertz CT molecular complexity index is 584. The third-order valence-electron chi connectivity index (χ3n) is 3.46. The lowest BCUT2D eigenvalue weighted by molar-refractivity contribution is -0.116. The number of carbonyl (C=O) groups is 1. The minimum atomic E-state index is -2.92. The summed E-state index contributed by atoms with van der Waals surface area (Å²) in [6.45, 7) is 0.675. The first-order chi connectivity index (χ1) is 9.50. The molecular formula is C14H20N2O3S. The summed E-state index contributed by atoms with van der Waals surface area (Å²) in [6.07, 6.45) is 0.862. The van der Waals surface area contributed by atoms with Crippen molar-refractivity contribution in [2.45, 2.75) is 19.4 Å². The number of rotatable bonds is 5. The van der Waals surface area contributed by atoms with Crippen molar-refractivity contribution >= 4 is 21.4 Å². The second-order valence-corrected chi connectivity index (χ2v) is 7.44. The zero-order chi connectivity index (χ0) is 14.6. The zero-order valence-electron chi connectivity index (χ0n) is 11.6. The first-order valence-corrected chi connectivity index (χ1v) is 8.55. The lowest BCUT2D eigenvalue weighted by Gasteiger charge is -2.12. The second-order valence-electron chi connectivity index (χ2n) is 5.21. The van der Waals surface area contributed by atoms with Gasteiger partial charge in [-0.2, -0.15) is 0 Å². The van der Waals surface area contributed by atoms with E-state index >= 15 is 0 Å². The molecule has 0 saturated carbocycles. The summed E-state index contributed by atoms with van der Waals surface area (Å²) in [5.74, 6) is 0.187. The van der Waals surface area contributed by atoms with Gasteiger partial charge in [-0.15, -0.1) is 0 Å². The van der Waals surface area contributed by atoms with Crippen molar-refractivity contribution in [2.24, 2.45) is 5.92 Å². The molecule has 2 N–H and O–H groups in total. The molecule has 1 aromatic rings. The van der Waals surface area contributed by atoms with Crippen LogP contribution in [0.4, 0.5) is 5.69 Å². The van der Waals surface area contributed by atoms with Crippen LogP contribution in [0, 0.1) is 5.92 Å². The quantitative estimate of drug-likeness (QED) is 0.855. The number of carbonyl (C=O) groups excluding carboxylic acids is 1. The molecule has 1 fully saturated rings. The zero-order valence-corrected chi connectivity index (χ0v) is 12.4. The maximum Gasteiger partial charge on any atom is 0.224 e. The Morgan fingerprint density at radius 1 is 1.35 bits per heavy atom. The van der Waals surface area contributed by atoms with E-state index in [1.165, 1.54) is 0 Å². The molecule has 0 radical (unpaired) electrons. The van der Waals surface area contributed by atoms with Crippen LogP contribution in [-0.4, -0.2) is 32.9 Å². The molecule has 1 unspecified atom stereocenters. The highest BCUT2D eigenvalue weighted by molar-refractivity contribution is 7.91. The molecule has 1 amide bonds. The van der Waals surface area contributed by atoms with Crippen LogP contribution in [0.2, 0.25) is 0 Å². The van der Waals surface area contributed by atoms with E-state index in [9.17, 15) is 13.2 Å². The molecule has 1 aromatic carbocycles. The molecule has 110 valence electrons. The highest BCUT2D eigenvalue weighted by Gasteiger charge is 2.29. The van der Waals surface area contributed by atoms with Crippen LogP contribution in [0.3, 0.4) is 0 Å². The normalized spacial score (nSPS) is 20.8. The summed E-state index contributed by atoms with van der Waals surface area (Å²) in [6, 6.07) is 7.60. The number of benzene rings is 1. The van der Waals surface area contributed by atoms with Crippen molar-refractivity contribution in [3.05, 3.63) is 29.8 Å². The minimum absolute atomic E-state index is 0.0449. The van der Waals surface area contributed by atoms with Gasteiger partial charge in [0.1, 0.15) is 0 Å². The molecule has 6 heteroatoms. The number of anilines is 1. The number of hydrogen-bond acceptors (Lipinski definition) is 4. The highest BCUT2D eigenvalue weighted by atomic mass is 32.2. The van der Waals surface area contributed by atoms with Gasteiger partial charge in [0.15, 0.2) is 9.84 Å². The first-order valence-electron chi connectivity index (χ1n) is 6.73. The molecule has 1 atom stereocenters. The fourth-order valence-electron chi connectivity index (χ4n) is 2.48. The Hall–Kier alpha value is -1.40. The van der Waals surface area contributed by atoms with Gasteiger partial charge in [-0.05, 0) is 31.0 Å². The summed E-state index contributed by atoms with van der Waals surface area (Å²) >= 11 is 0. The molecule has 2 rings (SSSR count). The van der Waals surface area contributed by atoms with E-state index in [4.69, 9.17) is 0 Å². The van der Waals surface area contributed by atoms with Gasteiger partial charge >= 0.3 is 0 Å². The van der Waals surface area contributed by atoms with Gasteiger partial charge in [0, 0.05) is 18.7 Å². The van der Waals surface area contributed by atoms with Crippen LogP contribution in [-0.2, 0) is 21.2 Å². The number of hydrogen-bond donors (Lipinski definition) is 2. The Balaban J connectivity index is 1.95. The monoisotopic (exact) mass is 296 g/mol. The summed E-state index contributed by atoms with van der Waals surface area (Å²) in [5, 5.41) is 5.93. The van der Waals surface area contributed by atoms with Crippen LogP contribution >= 0.6 is 0 Å². The molecule has 0 bridgehead atoms. The van der Waals surface area contributed by atoms with E-state index < -0.39 is 9.84 Å². The summed E-state index contributed by atoms with van der Waals surface area (Å²) in [5.41, 5.74) is 1.80. The van der Waals surface area contributed by atoms with E-state index in [1.54, 1.807) is 0 Å². The Morgan fingerprint density at radius 2 is 2.10 bits per heavy atom. The molecule has 0 aliphatic carbocycles. The van der Waals surface area contributed by atoms with Gasteiger partial charge in [0.2, 0.25) is 5.91 Å². The second kappa shape index (κ2) is 6.37. The topological polar surface area (TPSA) is 75.3 Å². The van der Waals surface area contributed by atoms with Crippen LogP contribution in [0.15, 0.2) is 24.3 Å². The maximum absolute atomic E-state index is 12.0. The lowest BCUT2D eigenvalue weighted by Crippen LogP contribution is -2.19. The fraction of sp³-hybridized carbons (Fsp3) is 0.500. The average molecular weight is 296 g/mol. The van der Waals surface area contributed by atoms with E-state index in [1.807, 2.05) is 31.3 Å². The molecule has 1 heterocycles. The van der Waals surface area contributed by atoms with Crippen molar-refractivity contribution in [1.29, 1.82) is 0 Å². The Labute approximate surface area is 119 Å². The largest absolute Gasteiger partial charge is 0.326 e. The third kappa shape index (κ3) is 4.05. The van der Waals surface area contributed by atoms with Crippen molar-refractivity contribution in [3.8, 4) is 0 Å². The highest BCUT2D eigenvalue weighted by Crippen LogP contribution is 2.23. The van der Waals surface area contributed by atoms with Crippen LogP contribution < -0.4 is 10.6 Å². The predicted octanol–water partition coefficient (Wildman–Crippen LogP) is 1.17. The molecule has 1 aliphatic rings. The van der Waals surface area contributed by atoms with Crippen molar-refractivity contribution in [1.82, 2.24) is 5.32 Å². The number of sulfone groups is 1. The van der Waals surface area contributed by atoms with Gasteiger partial charge < -0.3 is 10.6 Å². The maximum atomic E-state index is 12.0. The fourth-order valence-corrected chi connectivity index (χ4v) is 4.35. The van der Waals surface area contributed by atoms with E-state index in [2.05, 4.69) is 10.6 Å². The molecule has 1 aliphatic heterocycles. The molecule has 5 nitrogen and oxygen atoms in total. The Morgan fingerprint density at radius 3 is 2.75 bits per heavy atom. The summed E-state index contributed by atoms with van der Waals surface area (Å²) in [4.78, 5) is 12.0. The molecule has 1 saturated heterocycles. The number of amides is 1. The van der Waals surface area contributed by atoms with E-state index in [-0.39, 0.29) is 29.8 Å². The smallest absolute Gasteiger partial charge is 0.224 e. The van der Waals surface area contributed by atoms with Crippen molar-refractivity contribution in [2.75, 3.05) is 23.9 Å². The van der Waals surface area contributed by atoms with Crippen LogP contribution in [0.25, 0.3) is 0 Å². The average Bonchev–Trinajstić information content (AvgIpc) is 2.71. The summed E-state index contributed by atoms with van der Waals surface area (Å²) in [7, 11) is -1.07. The molecule has 0 spiro atoms. The van der Waals surface area contributed by atoms with Crippen molar-refractivity contribution in [3.63, 3.8) is 0 Å². The minimum Gasteiger partial charge on any atom is -0.326 e. The predicted molar refractivity (Wildman–Crippen MR) is 79.2 cm³/mol. The van der Waals surface area contributed by atoms with Gasteiger partial charge in [0.25, 0.3) is 0 Å². The Kier molecular flexibility index (Phi) is 4.77. The molecule has 0 aromatic heterocycles. The summed E-state index contributed by atoms with van der Waals surface area (Å²) < 4.78 is 22.8. The van der Waals surface area contributed by atoms with Crippen LogP contribution in [0.5, 0.6) is 0 Å². The van der Waals surface area contributed by atoms with E-state index in [0.29, 0.717) is 13.0 Å². The van der Waals surface area contributed by atoms with Crippen LogP contribution in [0.1, 0.15) is 18.4 Å². The van der Waals surface area contributed by atoms with Gasteiger partial charge in [-0.3, -0.25) is 4.79 Å². The molecular weight excluding hydrogens is 276 g/mol. The standard InChI is InChI=1S/C14H20N2O3S/c1-15-9-12-4-2-3-5-13(12)16-14(17)8-11-6-7-20(18,19)10-11/h2-5,11,15H,6-10H2,1H3,(H,16,17).